The van der Waals surface area contributed by atoms with Crippen LogP contribution in [0, 0.1) is 6.92 Å². The topological polar surface area (TPSA) is 81.9 Å². The fourth-order valence-electron chi connectivity index (χ4n) is 2.63. The Labute approximate surface area is 158 Å². The van der Waals surface area contributed by atoms with Crippen LogP contribution in [-0.4, -0.2) is 32.3 Å². The number of benzene rings is 1. The first-order valence-electron chi connectivity index (χ1n) is 8.68. The van der Waals surface area contributed by atoms with Crippen LogP contribution in [-0.2, 0) is 10.2 Å². The lowest BCUT2D eigenvalue weighted by atomic mass is 9.85. The predicted molar refractivity (Wildman–Crippen MR) is 103 cm³/mol. The summed E-state index contributed by atoms with van der Waals surface area (Å²) in [6, 6.07) is 9.54. The van der Waals surface area contributed by atoms with Gasteiger partial charge in [0.25, 0.3) is 5.91 Å². The smallest absolute Gasteiger partial charge is 0.262 e. The molecule has 3 rings (SSSR count). The van der Waals surface area contributed by atoms with Gasteiger partial charge in [-0.15, -0.1) is 10.2 Å². The normalized spacial score (nSPS) is 11.3. The first-order chi connectivity index (χ1) is 12.8. The Hall–Kier alpha value is -3.22. The van der Waals surface area contributed by atoms with Gasteiger partial charge in [0.2, 0.25) is 0 Å². The minimum Gasteiger partial charge on any atom is -0.483 e. The minimum atomic E-state index is -0.241. The highest BCUT2D eigenvalue weighted by molar-refractivity contribution is 5.91. The van der Waals surface area contributed by atoms with Crippen LogP contribution in [0.2, 0.25) is 0 Å². The number of nitrogens with one attached hydrogen (secondary N) is 1. The van der Waals surface area contributed by atoms with Gasteiger partial charge in [0.1, 0.15) is 24.2 Å². The standard InChI is InChI=1S/C20H23N5O2/c1-14-5-7-17(16(9-14)20(2,3)4)27-11-19(26)24-15-6-8-18(21-10-15)25-12-22-23-13-25/h5-10,12-13H,11H2,1-4H3,(H,24,26). The van der Waals surface area contributed by atoms with Gasteiger partial charge in [-0.2, -0.15) is 0 Å². The van der Waals surface area contributed by atoms with E-state index in [9.17, 15) is 4.79 Å². The van der Waals surface area contributed by atoms with Crippen LogP contribution in [0.25, 0.3) is 5.82 Å². The Kier molecular flexibility index (Phi) is 5.21. The van der Waals surface area contributed by atoms with Gasteiger partial charge in [0.15, 0.2) is 6.61 Å². The molecule has 140 valence electrons. The van der Waals surface area contributed by atoms with Crippen LogP contribution >= 0.6 is 0 Å². The van der Waals surface area contributed by atoms with Gasteiger partial charge in [-0.1, -0.05) is 38.5 Å². The maximum absolute atomic E-state index is 12.2. The average molecular weight is 365 g/mol. The summed E-state index contributed by atoms with van der Waals surface area (Å²) in [5.41, 5.74) is 2.77. The summed E-state index contributed by atoms with van der Waals surface area (Å²) in [4.78, 5) is 16.5. The van der Waals surface area contributed by atoms with E-state index in [2.05, 4.69) is 47.3 Å². The second-order valence-electron chi connectivity index (χ2n) is 7.36. The summed E-state index contributed by atoms with van der Waals surface area (Å²) in [6.07, 6.45) is 4.70. The molecule has 7 heteroatoms. The number of hydrogen-bond acceptors (Lipinski definition) is 5. The molecule has 0 aliphatic heterocycles. The summed E-state index contributed by atoms with van der Waals surface area (Å²) in [5, 5.41) is 10.3. The molecule has 7 nitrogen and oxygen atoms in total. The van der Waals surface area contributed by atoms with Crippen molar-refractivity contribution in [3.05, 3.63) is 60.3 Å². The monoisotopic (exact) mass is 365 g/mol. The quantitative estimate of drug-likeness (QED) is 0.750. The van der Waals surface area contributed by atoms with Gasteiger partial charge in [-0.3, -0.25) is 9.36 Å². The lowest BCUT2D eigenvalue weighted by Crippen LogP contribution is -2.22. The van der Waals surface area contributed by atoms with E-state index in [-0.39, 0.29) is 17.9 Å². The van der Waals surface area contributed by atoms with Crippen molar-refractivity contribution >= 4 is 11.6 Å². The highest BCUT2D eigenvalue weighted by atomic mass is 16.5. The molecule has 1 amide bonds. The zero-order valence-electron chi connectivity index (χ0n) is 15.9. The van der Waals surface area contributed by atoms with E-state index in [0.29, 0.717) is 11.5 Å². The van der Waals surface area contributed by atoms with Crippen LogP contribution in [0.15, 0.2) is 49.2 Å². The molecule has 1 aromatic carbocycles. The summed E-state index contributed by atoms with van der Waals surface area (Å²) < 4.78 is 7.46. The van der Waals surface area contributed by atoms with E-state index >= 15 is 0 Å². The molecule has 0 fully saturated rings. The molecule has 0 saturated heterocycles. The second-order valence-corrected chi connectivity index (χ2v) is 7.36. The molecule has 0 spiro atoms. The zero-order valence-corrected chi connectivity index (χ0v) is 15.9. The highest BCUT2D eigenvalue weighted by Crippen LogP contribution is 2.32. The van der Waals surface area contributed by atoms with Crippen molar-refractivity contribution in [1.82, 2.24) is 19.7 Å². The van der Waals surface area contributed by atoms with Crippen LogP contribution in [0.3, 0.4) is 0 Å². The van der Waals surface area contributed by atoms with Gasteiger partial charge in [0, 0.05) is 0 Å². The number of pyridine rings is 1. The van der Waals surface area contributed by atoms with Crippen LogP contribution < -0.4 is 10.1 Å². The molecule has 0 atom stereocenters. The summed E-state index contributed by atoms with van der Waals surface area (Å²) in [7, 11) is 0. The molecule has 2 aromatic heterocycles. The van der Waals surface area contributed by atoms with Crippen molar-refractivity contribution in [2.45, 2.75) is 33.1 Å². The third-order valence-corrected chi connectivity index (χ3v) is 4.02. The predicted octanol–water partition coefficient (Wildman–Crippen LogP) is 3.29. The van der Waals surface area contributed by atoms with Crippen molar-refractivity contribution in [3.8, 4) is 11.6 Å². The van der Waals surface area contributed by atoms with E-state index in [1.807, 2.05) is 19.1 Å². The molecule has 0 bridgehead atoms. The number of amides is 1. The van der Waals surface area contributed by atoms with Gasteiger partial charge in [0.05, 0.1) is 11.9 Å². The third-order valence-electron chi connectivity index (χ3n) is 4.02. The summed E-state index contributed by atoms with van der Waals surface area (Å²) >= 11 is 0. The van der Waals surface area contributed by atoms with Crippen molar-refractivity contribution in [2.75, 3.05) is 11.9 Å². The number of ether oxygens (including phenoxy) is 1. The van der Waals surface area contributed by atoms with E-state index in [1.165, 1.54) is 0 Å². The average Bonchev–Trinajstić information content (AvgIpc) is 3.15. The first kappa shape index (κ1) is 18.6. The van der Waals surface area contributed by atoms with Crippen LogP contribution in [0.5, 0.6) is 5.75 Å². The number of anilines is 1. The van der Waals surface area contributed by atoms with Crippen molar-refractivity contribution in [3.63, 3.8) is 0 Å². The molecule has 27 heavy (non-hydrogen) atoms. The van der Waals surface area contributed by atoms with Crippen molar-refractivity contribution in [1.29, 1.82) is 0 Å². The Balaban J connectivity index is 1.62. The van der Waals surface area contributed by atoms with E-state index in [0.717, 1.165) is 16.9 Å². The number of carbonyl (C=O) groups is 1. The summed E-state index contributed by atoms with van der Waals surface area (Å²) in [5.74, 6) is 1.15. The summed E-state index contributed by atoms with van der Waals surface area (Å²) in [6.45, 7) is 8.34. The van der Waals surface area contributed by atoms with Crippen LogP contribution in [0.4, 0.5) is 5.69 Å². The fourth-order valence-corrected chi connectivity index (χ4v) is 2.63. The van der Waals surface area contributed by atoms with Gasteiger partial charge >= 0.3 is 0 Å². The Morgan fingerprint density at radius 3 is 2.52 bits per heavy atom. The van der Waals surface area contributed by atoms with Crippen molar-refractivity contribution in [2.24, 2.45) is 0 Å². The Morgan fingerprint density at radius 1 is 1.15 bits per heavy atom. The molecular weight excluding hydrogens is 342 g/mol. The lowest BCUT2D eigenvalue weighted by Gasteiger charge is -2.23. The number of carbonyl (C=O) groups excluding carboxylic acids is 1. The molecule has 0 saturated carbocycles. The van der Waals surface area contributed by atoms with Gasteiger partial charge in [-0.05, 0) is 36.1 Å². The molecule has 1 N–H and O–H groups in total. The van der Waals surface area contributed by atoms with E-state index < -0.39 is 0 Å². The lowest BCUT2D eigenvalue weighted by molar-refractivity contribution is -0.118. The zero-order chi connectivity index (χ0) is 19.4. The largest absolute Gasteiger partial charge is 0.483 e. The fraction of sp³-hybridized carbons (Fsp3) is 0.300. The number of aromatic nitrogens is 4. The molecule has 0 aliphatic carbocycles. The van der Waals surface area contributed by atoms with Gasteiger partial charge < -0.3 is 10.1 Å². The molecule has 2 heterocycles. The minimum absolute atomic E-state index is 0.0697. The molecular formula is C20H23N5O2. The Morgan fingerprint density at radius 2 is 1.89 bits per heavy atom. The molecule has 0 unspecified atom stereocenters. The van der Waals surface area contributed by atoms with Crippen molar-refractivity contribution < 1.29 is 9.53 Å². The number of rotatable bonds is 5. The van der Waals surface area contributed by atoms with Gasteiger partial charge in [-0.25, -0.2) is 4.98 Å². The number of hydrogen-bond donors (Lipinski definition) is 1. The molecule has 0 radical (unpaired) electrons. The van der Waals surface area contributed by atoms with E-state index in [4.69, 9.17) is 4.74 Å². The number of aryl methyl sites for hydroxylation is 1. The van der Waals surface area contributed by atoms with Crippen LogP contribution in [0.1, 0.15) is 31.9 Å². The second kappa shape index (κ2) is 7.57. The molecule has 3 aromatic rings. The Bertz CT molecular complexity index is 913. The SMILES string of the molecule is Cc1ccc(OCC(=O)Nc2ccc(-n3cnnc3)nc2)c(C(C)(C)C)c1. The molecule has 0 aliphatic rings. The third kappa shape index (κ3) is 4.69. The highest BCUT2D eigenvalue weighted by Gasteiger charge is 2.19. The maximum Gasteiger partial charge on any atom is 0.262 e. The number of nitrogens with zero attached hydrogens (tertiary/aromatic N) is 4. The first-order valence-corrected chi connectivity index (χ1v) is 8.68. The van der Waals surface area contributed by atoms with E-state index in [1.54, 1.807) is 35.6 Å². The maximum atomic E-state index is 12.2.